The van der Waals surface area contributed by atoms with Crippen LogP contribution in [0.15, 0.2) is 18.2 Å². The SMILES string of the molecule is CC(=O)N[C@H](CC(=O)O)c1cccc(C)c1C. The van der Waals surface area contributed by atoms with Gasteiger partial charge in [-0.3, -0.25) is 9.59 Å². The Morgan fingerprint density at radius 1 is 1.35 bits per heavy atom. The van der Waals surface area contributed by atoms with Crippen molar-refractivity contribution in [1.82, 2.24) is 5.32 Å². The molecule has 2 N–H and O–H groups in total. The van der Waals surface area contributed by atoms with Crippen LogP contribution >= 0.6 is 0 Å². The molecule has 17 heavy (non-hydrogen) atoms. The van der Waals surface area contributed by atoms with Gasteiger partial charge in [0.25, 0.3) is 0 Å². The maximum atomic E-state index is 11.1. The first-order chi connectivity index (χ1) is 7.91. The molecule has 1 atom stereocenters. The van der Waals surface area contributed by atoms with E-state index in [1.54, 1.807) is 0 Å². The molecule has 92 valence electrons. The average molecular weight is 235 g/mol. The van der Waals surface area contributed by atoms with Crippen molar-refractivity contribution in [2.45, 2.75) is 33.2 Å². The highest BCUT2D eigenvalue weighted by Crippen LogP contribution is 2.23. The number of aliphatic carboxylic acids is 1. The molecule has 4 heteroatoms. The Morgan fingerprint density at radius 2 is 2.00 bits per heavy atom. The van der Waals surface area contributed by atoms with Gasteiger partial charge in [-0.2, -0.15) is 0 Å². The number of benzene rings is 1. The van der Waals surface area contributed by atoms with Crippen molar-refractivity contribution in [3.63, 3.8) is 0 Å². The maximum absolute atomic E-state index is 11.1. The van der Waals surface area contributed by atoms with Crippen molar-refractivity contribution in [1.29, 1.82) is 0 Å². The molecule has 0 heterocycles. The second kappa shape index (κ2) is 5.48. The fourth-order valence-electron chi connectivity index (χ4n) is 1.81. The molecule has 1 rings (SSSR count). The van der Waals surface area contributed by atoms with Crippen molar-refractivity contribution >= 4 is 11.9 Å². The van der Waals surface area contributed by atoms with E-state index in [9.17, 15) is 9.59 Å². The lowest BCUT2D eigenvalue weighted by Crippen LogP contribution is -2.28. The average Bonchev–Trinajstić information content (AvgIpc) is 2.19. The molecule has 1 aromatic carbocycles. The van der Waals surface area contributed by atoms with Crippen LogP contribution in [0.3, 0.4) is 0 Å². The van der Waals surface area contributed by atoms with Crippen molar-refractivity contribution in [2.75, 3.05) is 0 Å². The second-order valence-electron chi connectivity index (χ2n) is 4.14. The van der Waals surface area contributed by atoms with Gasteiger partial charge in [0.15, 0.2) is 0 Å². The van der Waals surface area contributed by atoms with Crippen LogP contribution in [0.2, 0.25) is 0 Å². The quantitative estimate of drug-likeness (QED) is 0.838. The summed E-state index contributed by atoms with van der Waals surface area (Å²) in [5, 5.41) is 11.5. The van der Waals surface area contributed by atoms with Gasteiger partial charge in [0.05, 0.1) is 12.5 Å². The van der Waals surface area contributed by atoms with E-state index in [4.69, 9.17) is 5.11 Å². The van der Waals surface area contributed by atoms with E-state index in [1.165, 1.54) is 6.92 Å². The van der Waals surface area contributed by atoms with Gasteiger partial charge in [-0.15, -0.1) is 0 Å². The zero-order valence-electron chi connectivity index (χ0n) is 10.3. The third-order valence-corrected chi connectivity index (χ3v) is 2.78. The van der Waals surface area contributed by atoms with Gasteiger partial charge in [-0.25, -0.2) is 0 Å². The molecule has 1 amide bonds. The number of nitrogens with one attached hydrogen (secondary N) is 1. The largest absolute Gasteiger partial charge is 0.481 e. The summed E-state index contributed by atoms with van der Waals surface area (Å²) in [6.45, 7) is 5.28. The summed E-state index contributed by atoms with van der Waals surface area (Å²) in [7, 11) is 0. The summed E-state index contributed by atoms with van der Waals surface area (Å²) in [5.41, 5.74) is 2.97. The minimum Gasteiger partial charge on any atom is -0.481 e. The molecule has 0 saturated heterocycles. The molecule has 0 fully saturated rings. The molecule has 0 unspecified atom stereocenters. The van der Waals surface area contributed by atoms with Crippen molar-refractivity contribution in [3.8, 4) is 0 Å². The second-order valence-corrected chi connectivity index (χ2v) is 4.14. The highest BCUT2D eigenvalue weighted by atomic mass is 16.4. The molecule has 0 radical (unpaired) electrons. The summed E-state index contributed by atoms with van der Waals surface area (Å²) in [5.74, 6) is -1.15. The van der Waals surface area contributed by atoms with E-state index in [0.717, 1.165) is 16.7 Å². The zero-order valence-corrected chi connectivity index (χ0v) is 10.3. The number of hydrogen-bond acceptors (Lipinski definition) is 2. The van der Waals surface area contributed by atoms with Gasteiger partial charge < -0.3 is 10.4 Å². The summed E-state index contributed by atoms with van der Waals surface area (Å²) in [6, 6.07) is 5.22. The Labute approximate surface area is 101 Å². The van der Waals surface area contributed by atoms with E-state index in [1.807, 2.05) is 32.0 Å². The minimum atomic E-state index is -0.926. The molecule has 0 bridgehead atoms. The van der Waals surface area contributed by atoms with Gasteiger partial charge in [0.1, 0.15) is 0 Å². The molecule has 0 aromatic heterocycles. The molecule has 0 aliphatic carbocycles. The Balaban J connectivity index is 3.07. The van der Waals surface area contributed by atoms with E-state index in [-0.39, 0.29) is 12.3 Å². The number of rotatable bonds is 4. The number of carboxylic acid groups (broad SMARTS) is 1. The lowest BCUT2D eigenvalue weighted by Gasteiger charge is -2.19. The Hall–Kier alpha value is -1.84. The summed E-state index contributed by atoms with van der Waals surface area (Å²) < 4.78 is 0. The van der Waals surface area contributed by atoms with Crippen LogP contribution in [0, 0.1) is 13.8 Å². The number of carbonyl (C=O) groups excluding carboxylic acids is 1. The van der Waals surface area contributed by atoms with E-state index in [0.29, 0.717) is 0 Å². The molecule has 0 spiro atoms. The molecular formula is C13H17NO3. The monoisotopic (exact) mass is 235 g/mol. The van der Waals surface area contributed by atoms with Gasteiger partial charge in [-0.1, -0.05) is 18.2 Å². The zero-order chi connectivity index (χ0) is 13.0. The first kappa shape index (κ1) is 13.2. The normalized spacial score (nSPS) is 11.9. The Kier molecular flexibility index (Phi) is 4.26. The predicted octanol–water partition coefficient (Wildman–Crippen LogP) is 1.96. The lowest BCUT2D eigenvalue weighted by molar-refractivity contribution is -0.137. The summed E-state index contributed by atoms with van der Waals surface area (Å²) in [4.78, 5) is 21.9. The highest BCUT2D eigenvalue weighted by molar-refractivity contribution is 5.75. The van der Waals surface area contributed by atoms with Crippen LogP contribution in [0.5, 0.6) is 0 Å². The Bertz CT molecular complexity index is 424. The van der Waals surface area contributed by atoms with Crippen LogP contribution in [0.25, 0.3) is 0 Å². The summed E-state index contributed by atoms with van der Waals surface area (Å²) in [6.07, 6.45) is -0.107. The van der Waals surface area contributed by atoms with Crippen molar-refractivity contribution < 1.29 is 14.7 Å². The van der Waals surface area contributed by atoms with Crippen molar-refractivity contribution in [2.24, 2.45) is 0 Å². The standard InChI is InChI=1S/C13H17NO3/c1-8-5-4-6-11(9(8)2)12(7-13(16)17)14-10(3)15/h4-6,12H,7H2,1-3H3,(H,14,15)(H,16,17)/t12-/m1/s1. The molecule has 4 nitrogen and oxygen atoms in total. The molecule has 0 aliphatic heterocycles. The van der Waals surface area contributed by atoms with Gasteiger partial charge in [-0.05, 0) is 30.5 Å². The van der Waals surface area contributed by atoms with Gasteiger partial charge >= 0.3 is 5.97 Å². The third-order valence-electron chi connectivity index (χ3n) is 2.78. The fourth-order valence-corrected chi connectivity index (χ4v) is 1.81. The van der Waals surface area contributed by atoms with Crippen LogP contribution in [-0.2, 0) is 9.59 Å². The smallest absolute Gasteiger partial charge is 0.305 e. The van der Waals surface area contributed by atoms with Gasteiger partial charge in [0, 0.05) is 6.92 Å². The van der Waals surface area contributed by atoms with E-state index in [2.05, 4.69) is 5.32 Å². The molecule has 1 aromatic rings. The topological polar surface area (TPSA) is 66.4 Å². The molecule has 0 aliphatic rings. The molecular weight excluding hydrogens is 218 g/mol. The maximum Gasteiger partial charge on any atom is 0.305 e. The predicted molar refractivity (Wildman–Crippen MR) is 64.7 cm³/mol. The number of carbonyl (C=O) groups is 2. The molecule has 0 saturated carbocycles. The minimum absolute atomic E-state index is 0.107. The number of amides is 1. The van der Waals surface area contributed by atoms with Crippen molar-refractivity contribution in [3.05, 3.63) is 34.9 Å². The first-order valence-corrected chi connectivity index (χ1v) is 5.47. The van der Waals surface area contributed by atoms with Gasteiger partial charge in [0.2, 0.25) is 5.91 Å². The summed E-state index contributed by atoms with van der Waals surface area (Å²) >= 11 is 0. The number of aryl methyl sites for hydroxylation is 1. The van der Waals surface area contributed by atoms with E-state index >= 15 is 0 Å². The number of hydrogen-bond donors (Lipinski definition) is 2. The van der Waals surface area contributed by atoms with E-state index < -0.39 is 12.0 Å². The van der Waals surface area contributed by atoms with Crippen LogP contribution in [-0.4, -0.2) is 17.0 Å². The van der Waals surface area contributed by atoms with Crippen LogP contribution in [0.1, 0.15) is 36.1 Å². The van der Waals surface area contributed by atoms with Crippen LogP contribution < -0.4 is 5.32 Å². The first-order valence-electron chi connectivity index (χ1n) is 5.47. The van der Waals surface area contributed by atoms with Crippen LogP contribution in [0.4, 0.5) is 0 Å². The highest BCUT2D eigenvalue weighted by Gasteiger charge is 2.18. The third kappa shape index (κ3) is 3.59. The Morgan fingerprint density at radius 3 is 2.53 bits per heavy atom. The fraction of sp³-hybridized carbons (Fsp3) is 0.385. The number of carboxylic acids is 1. The lowest BCUT2D eigenvalue weighted by atomic mass is 9.95.